The Hall–Kier alpha value is -3.75. The number of hydrogen-bond acceptors (Lipinski definition) is 2. The molecule has 9 heteroatoms. The zero-order valence-electron chi connectivity index (χ0n) is 26.7. The van der Waals surface area contributed by atoms with Crippen LogP contribution in [-0.2, 0) is 39.0 Å². The van der Waals surface area contributed by atoms with Crippen LogP contribution in [0.2, 0.25) is 0 Å². The molecule has 0 spiro atoms. The fraction of sp³-hybridized carbons (Fsp3) is 0.316. The topological polar surface area (TPSA) is 58.2 Å². The van der Waals surface area contributed by atoms with Crippen molar-refractivity contribution in [2.45, 2.75) is 64.2 Å². The Morgan fingerprint density at radius 1 is 0.702 bits per heavy atom. The third-order valence-corrected chi connectivity index (χ3v) is 16.6. The first-order valence-electron chi connectivity index (χ1n) is 16.2. The van der Waals surface area contributed by atoms with Gasteiger partial charge in [-0.05, 0) is 0 Å². The van der Waals surface area contributed by atoms with E-state index < -0.39 is 39.9 Å². The Balaban J connectivity index is 1.76. The Bertz CT molecular complexity index is 1510. The van der Waals surface area contributed by atoms with Crippen LogP contribution in [0, 0.1) is 23.3 Å². The summed E-state index contributed by atoms with van der Waals surface area (Å²) in [7, 11) is 0. The summed E-state index contributed by atoms with van der Waals surface area (Å²) in [6.45, 7) is 7.83. The number of rotatable bonds is 18. The van der Waals surface area contributed by atoms with E-state index in [2.05, 4.69) is 23.8 Å². The van der Waals surface area contributed by atoms with Crippen molar-refractivity contribution in [1.29, 1.82) is 0 Å². The number of nitrogens with one attached hydrogen (secondary N) is 2. The van der Waals surface area contributed by atoms with Crippen molar-refractivity contribution in [1.82, 2.24) is 10.6 Å². The molecule has 0 saturated carbocycles. The monoisotopic (exact) mass is 682 g/mol. The van der Waals surface area contributed by atoms with Gasteiger partial charge in [-0.1, -0.05) is 0 Å². The van der Waals surface area contributed by atoms with Crippen LogP contribution in [-0.4, -0.2) is 24.9 Å². The van der Waals surface area contributed by atoms with Crippen LogP contribution in [0.25, 0.3) is 0 Å². The second-order valence-electron chi connectivity index (χ2n) is 11.8. The number of carbonyl (C=O) groups is 2. The number of aryl methyl sites for hydroxylation is 2. The summed E-state index contributed by atoms with van der Waals surface area (Å²) >= 11 is -4.93. The molecule has 4 nitrogen and oxygen atoms in total. The predicted molar refractivity (Wildman–Crippen MR) is 177 cm³/mol. The van der Waals surface area contributed by atoms with Crippen LogP contribution in [0.3, 0.4) is 0 Å². The molecule has 0 radical (unpaired) electrons. The second kappa shape index (κ2) is 17.4. The SMILES string of the molecule is C=CCCC(=O)NCCCc1ccc(F)[c]([Ti]([C]2=CC=CC2)([C]2=CC=CC2)[c]2c(F)ccc(CCCNC(=O)CCC=C)c2F)c1F. The van der Waals surface area contributed by atoms with Crippen molar-refractivity contribution in [3.8, 4) is 0 Å². The van der Waals surface area contributed by atoms with Crippen LogP contribution in [0.4, 0.5) is 17.6 Å². The molecule has 0 aliphatic heterocycles. The van der Waals surface area contributed by atoms with Crippen LogP contribution in [0.5, 0.6) is 0 Å². The molecule has 0 heterocycles. The minimum atomic E-state index is -4.93. The maximum absolute atomic E-state index is 16.9. The van der Waals surface area contributed by atoms with Gasteiger partial charge in [-0.15, -0.1) is 0 Å². The van der Waals surface area contributed by atoms with Crippen molar-refractivity contribution in [2.24, 2.45) is 0 Å². The average molecular weight is 683 g/mol. The number of carbonyl (C=O) groups excluding carboxylic acids is 2. The van der Waals surface area contributed by atoms with E-state index in [-0.39, 0.29) is 43.5 Å². The van der Waals surface area contributed by atoms with Gasteiger partial charge in [0.2, 0.25) is 0 Å². The summed E-state index contributed by atoms with van der Waals surface area (Å²) in [4.78, 5) is 24.0. The fourth-order valence-electron chi connectivity index (χ4n) is 6.35. The molecule has 248 valence electrons. The summed E-state index contributed by atoms with van der Waals surface area (Å²) in [5.74, 6) is -3.49. The van der Waals surface area contributed by atoms with E-state index in [1.54, 1.807) is 36.5 Å². The van der Waals surface area contributed by atoms with Crippen molar-refractivity contribution in [3.05, 3.63) is 128 Å². The third kappa shape index (κ3) is 8.41. The summed E-state index contributed by atoms with van der Waals surface area (Å²) in [6.07, 6.45) is 17.7. The zero-order valence-corrected chi connectivity index (χ0v) is 28.2. The van der Waals surface area contributed by atoms with Gasteiger partial charge >= 0.3 is 279 Å². The Morgan fingerprint density at radius 3 is 1.49 bits per heavy atom. The molecule has 0 atom stereocenters. The summed E-state index contributed by atoms with van der Waals surface area (Å²) in [6, 6.07) is 5.18. The van der Waals surface area contributed by atoms with E-state index in [9.17, 15) is 9.59 Å². The normalized spacial score (nSPS) is 13.8. The summed E-state index contributed by atoms with van der Waals surface area (Å²) < 4.78 is 67.1. The summed E-state index contributed by atoms with van der Waals surface area (Å²) in [5, 5.41) is 5.61. The predicted octanol–water partition coefficient (Wildman–Crippen LogP) is 7.07. The Labute approximate surface area is 278 Å². The molecule has 2 aliphatic carbocycles. The van der Waals surface area contributed by atoms with Crippen LogP contribution in [0.15, 0.2) is 93.8 Å². The molecule has 47 heavy (non-hydrogen) atoms. The van der Waals surface area contributed by atoms with Gasteiger partial charge in [0.15, 0.2) is 0 Å². The van der Waals surface area contributed by atoms with E-state index in [1.165, 1.54) is 24.3 Å². The van der Waals surface area contributed by atoms with Gasteiger partial charge in [-0.3, -0.25) is 0 Å². The van der Waals surface area contributed by atoms with Gasteiger partial charge < -0.3 is 0 Å². The summed E-state index contributed by atoms with van der Waals surface area (Å²) in [5.41, 5.74) is 0.470. The molecular formula is C38H42F4N2O2Ti. The molecule has 0 fully saturated rings. The molecule has 0 unspecified atom stereocenters. The van der Waals surface area contributed by atoms with Crippen LogP contribution in [0.1, 0.15) is 62.5 Å². The zero-order chi connectivity index (χ0) is 33.8. The third-order valence-electron chi connectivity index (χ3n) is 8.64. The number of benzene rings is 2. The van der Waals surface area contributed by atoms with Crippen molar-refractivity contribution >= 4 is 19.6 Å². The minimum absolute atomic E-state index is 0.138. The van der Waals surface area contributed by atoms with Crippen LogP contribution >= 0.6 is 0 Å². The molecule has 2 N–H and O–H groups in total. The number of halogens is 4. The van der Waals surface area contributed by atoms with Gasteiger partial charge in [-0.2, -0.15) is 0 Å². The van der Waals surface area contributed by atoms with Crippen LogP contribution < -0.4 is 18.4 Å². The van der Waals surface area contributed by atoms with E-state index in [0.29, 0.717) is 72.2 Å². The van der Waals surface area contributed by atoms with Crippen molar-refractivity contribution < 1.29 is 43.7 Å². The first kappa shape index (κ1) is 36.1. The molecule has 0 saturated heterocycles. The molecule has 2 amide bonds. The number of amides is 2. The first-order chi connectivity index (χ1) is 22.7. The number of allylic oxidation sites excluding steroid dienone is 10. The fourth-order valence-corrected chi connectivity index (χ4v) is 14.7. The van der Waals surface area contributed by atoms with E-state index in [0.717, 1.165) is 0 Å². The molecule has 4 rings (SSSR count). The standard InChI is InChI=1S/2C14H16F2NO.2C5H5.Ti/c2*1-2-3-6-14(18)17-9-4-5-11-7-8-12(15)10-13(11)16;2*1-2-4-5-3-1;/h2*2,7-8H,1,3-6,9H2,(H,17,18);2*1-3H,4H2;. The first-order valence-corrected chi connectivity index (χ1v) is 19.3. The van der Waals surface area contributed by atoms with Gasteiger partial charge in [0, 0.05) is 0 Å². The van der Waals surface area contributed by atoms with E-state index in [1.807, 2.05) is 12.2 Å². The van der Waals surface area contributed by atoms with Gasteiger partial charge in [0.1, 0.15) is 0 Å². The molecule has 0 aromatic heterocycles. The van der Waals surface area contributed by atoms with Gasteiger partial charge in [0.05, 0.1) is 0 Å². The average Bonchev–Trinajstić information content (AvgIpc) is 3.80. The molecule has 2 aromatic carbocycles. The van der Waals surface area contributed by atoms with Gasteiger partial charge in [0.25, 0.3) is 0 Å². The maximum atomic E-state index is 16.9. The van der Waals surface area contributed by atoms with Gasteiger partial charge in [-0.25, -0.2) is 0 Å². The Morgan fingerprint density at radius 2 is 1.13 bits per heavy atom. The quantitative estimate of drug-likeness (QED) is 0.0766. The molecule has 2 aromatic rings. The van der Waals surface area contributed by atoms with E-state index >= 15 is 17.6 Å². The molecule has 2 aliphatic rings. The number of hydrogen-bond donors (Lipinski definition) is 2. The molecular weight excluding hydrogens is 640 g/mol. The molecule has 0 bridgehead atoms. The second-order valence-corrected chi connectivity index (χ2v) is 17.7. The Kier molecular flexibility index (Phi) is 13.4. The van der Waals surface area contributed by atoms with E-state index in [4.69, 9.17) is 0 Å². The van der Waals surface area contributed by atoms with Crippen molar-refractivity contribution in [3.63, 3.8) is 0 Å². The van der Waals surface area contributed by atoms with Crippen molar-refractivity contribution in [2.75, 3.05) is 13.1 Å².